The number of anilines is 2. The second-order valence-corrected chi connectivity index (χ2v) is 13.8. The first-order chi connectivity index (χ1) is 21.7. The zero-order valence-electron chi connectivity index (χ0n) is 24.2. The highest BCUT2D eigenvalue weighted by Gasteiger charge is 2.49. The summed E-state index contributed by atoms with van der Waals surface area (Å²) in [6.45, 7) is 2.59. The molecule has 4 aromatic rings. The molecule has 14 heteroatoms. The van der Waals surface area contributed by atoms with E-state index in [0.29, 0.717) is 38.5 Å². The van der Waals surface area contributed by atoms with Gasteiger partial charge in [0.15, 0.2) is 11.6 Å². The highest BCUT2D eigenvalue weighted by Crippen LogP contribution is 2.51. The number of ether oxygens (including phenoxy) is 3. The number of rotatable bonds is 4. The molecule has 4 atom stereocenters. The fraction of sp³-hybridized carbons (Fsp3) is 0.452. The Morgan fingerprint density at radius 3 is 2.91 bits per heavy atom. The molecule has 2 aromatic heterocycles. The maximum atomic E-state index is 17.0. The summed E-state index contributed by atoms with van der Waals surface area (Å²) in [4.78, 5) is 13.3. The van der Waals surface area contributed by atoms with Gasteiger partial charge in [0.05, 0.1) is 39.4 Å². The Morgan fingerprint density at radius 2 is 2.09 bits per heavy atom. The summed E-state index contributed by atoms with van der Waals surface area (Å²) in [6, 6.07) is 4.54. The average molecular weight is 657 g/mol. The number of nitrogens with two attached hydrogens (primary N) is 1. The molecule has 234 valence electrons. The van der Waals surface area contributed by atoms with Crippen molar-refractivity contribution in [1.29, 1.82) is 5.26 Å². The van der Waals surface area contributed by atoms with Crippen molar-refractivity contribution in [2.45, 2.75) is 37.1 Å². The molecule has 6 heterocycles. The normalized spacial score (nSPS) is 26.0. The topological polar surface area (TPSA) is 110 Å². The molecule has 2 aromatic carbocycles. The number of alkyl halides is 1. The molecule has 3 fully saturated rings. The predicted molar refractivity (Wildman–Crippen MR) is 165 cm³/mol. The largest absolute Gasteiger partial charge is 0.485 e. The van der Waals surface area contributed by atoms with Crippen molar-refractivity contribution in [3.8, 4) is 29.0 Å². The summed E-state index contributed by atoms with van der Waals surface area (Å²) in [5.74, 6) is -0.915. The summed E-state index contributed by atoms with van der Waals surface area (Å²) in [7, 11) is 1.84. The van der Waals surface area contributed by atoms with Crippen LogP contribution in [0.4, 0.5) is 24.0 Å². The van der Waals surface area contributed by atoms with Gasteiger partial charge in [0.25, 0.3) is 0 Å². The molecule has 0 aliphatic carbocycles. The van der Waals surface area contributed by atoms with Gasteiger partial charge in [-0.3, -0.25) is 4.90 Å². The number of hydrogen-bond donors (Lipinski definition) is 1. The van der Waals surface area contributed by atoms with Crippen molar-refractivity contribution in [2.24, 2.45) is 5.92 Å². The highest BCUT2D eigenvalue weighted by atomic mass is 35.5. The first-order valence-electron chi connectivity index (χ1n) is 14.8. The summed E-state index contributed by atoms with van der Waals surface area (Å²) < 4.78 is 65.0. The van der Waals surface area contributed by atoms with Gasteiger partial charge in [-0.1, -0.05) is 17.7 Å². The summed E-state index contributed by atoms with van der Waals surface area (Å²) in [5, 5.41) is 10.4. The van der Waals surface area contributed by atoms with E-state index < -0.39 is 23.3 Å². The number of halogens is 4. The van der Waals surface area contributed by atoms with Crippen LogP contribution in [0.1, 0.15) is 24.8 Å². The van der Waals surface area contributed by atoms with Crippen LogP contribution in [0.15, 0.2) is 12.1 Å². The quantitative estimate of drug-likeness (QED) is 0.296. The summed E-state index contributed by atoms with van der Waals surface area (Å²) in [5.41, 5.74) is 5.62. The number of nitriles is 1. The Bertz CT molecular complexity index is 1940. The van der Waals surface area contributed by atoms with Gasteiger partial charge in [0, 0.05) is 43.4 Å². The Kier molecular flexibility index (Phi) is 6.73. The Hall–Kier alpha value is -3.57. The van der Waals surface area contributed by atoms with Crippen LogP contribution >= 0.6 is 22.9 Å². The van der Waals surface area contributed by atoms with E-state index >= 15 is 4.39 Å². The molecule has 4 aliphatic heterocycles. The second-order valence-electron chi connectivity index (χ2n) is 12.3. The van der Waals surface area contributed by atoms with Crippen LogP contribution in [-0.4, -0.2) is 79.2 Å². The molecule has 3 saturated heterocycles. The van der Waals surface area contributed by atoms with E-state index in [1.807, 2.05) is 18.0 Å². The third-order valence-electron chi connectivity index (χ3n) is 9.65. The molecule has 4 aliphatic rings. The van der Waals surface area contributed by atoms with E-state index in [0.717, 1.165) is 30.7 Å². The first-order valence-corrected chi connectivity index (χ1v) is 16.0. The zero-order chi connectivity index (χ0) is 31.2. The number of thiophene rings is 1. The van der Waals surface area contributed by atoms with Crippen LogP contribution in [0.3, 0.4) is 0 Å². The first kappa shape index (κ1) is 28.9. The van der Waals surface area contributed by atoms with Gasteiger partial charge in [-0.25, -0.2) is 13.2 Å². The van der Waals surface area contributed by atoms with Crippen molar-refractivity contribution >= 4 is 54.7 Å². The number of fused-ring (bicyclic) bond motifs is 3. The van der Waals surface area contributed by atoms with Gasteiger partial charge in [-0.05, 0) is 31.0 Å². The Morgan fingerprint density at radius 1 is 1.24 bits per heavy atom. The maximum Gasteiger partial charge on any atom is 0.319 e. The lowest BCUT2D eigenvalue weighted by atomic mass is 9.95. The van der Waals surface area contributed by atoms with Gasteiger partial charge in [0.2, 0.25) is 0 Å². The molecule has 0 radical (unpaired) electrons. The van der Waals surface area contributed by atoms with E-state index in [2.05, 4.69) is 9.88 Å². The fourth-order valence-electron chi connectivity index (χ4n) is 7.55. The molecule has 0 bridgehead atoms. The van der Waals surface area contributed by atoms with E-state index in [-0.39, 0.29) is 78.1 Å². The maximum absolute atomic E-state index is 17.0. The van der Waals surface area contributed by atoms with Crippen LogP contribution in [0, 0.1) is 28.9 Å². The predicted octanol–water partition coefficient (Wildman–Crippen LogP) is 5.70. The molecule has 8 rings (SSSR count). The summed E-state index contributed by atoms with van der Waals surface area (Å²) >= 11 is 7.95. The van der Waals surface area contributed by atoms with Gasteiger partial charge in [0.1, 0.15) is 47.1 Å². The van der Waals surface area contributed by atoms with E-state index in [9.17, 15) is 14.0 Å². The smallest absolute Gasteiger partial charge is 0.319 e. The average Bonchev–Trinajstić information content (AvgIpc) is 3.76. The summed E-state index contributed by atoms with van der Waals surface area (Å²) in [6.07, 6.45) is 0.766. The third kappa shape index (κ3) is 4.33. The van der Waals surface area contributed by atoms with Gasteiger partial charge in [-0.2, -0.15) is 15.2 Å². The molecular formula is C31H28ClF3N6O3S. The van der Waals surface area contributed by atoms with Crippen molar-refractivity contribution in [1.82, 2.24) is 14.9 Å². The zero-order valence-corrected chi connectivity index (χ0v) is 25.8. The fourth-order valence-corrected chi connectivity index (χ4v) is 8.82. The lowest BCUT2D eigenvalue weighted by molar-refractivity contribution is 0.107. The molecule has 0 amide bonds. The van der Waals surface area contributed by atoms with Crippen molar-refractivity contribution in [2.75, 3.05) is 57.1 Å². The molecular weight excluding hydrogens is 629 g/mol. The lowest BCUT2D eigenvalue weighted by Gasteiger charge is -2.32. The molecule has 2 unspecified atom stereocenters. The van der Waals surface area contributed by atoms with E-state index in [1.54, 1.807) is 0 Å². The number of benzene rings is 2. The van der Waals surface area contributed by atoms with Crippen LogP contribution in [-0.2, 0) is 4.74 Å². The van der Waals surface area contributed by atoms with Gasteiger partial charge < -0.3 is 24.8 Å². The minimum Gasteiger partial charge on any atom is -0.485 e. The Labute approximate surface area is 265 Å². The monoisotopic (exact) mass is 656 g/mol. The molecule has 2 N–H and O–H groups in total. The van der Waals surface area contributed by atoms with Crippen LogP contribution in [0.25, 0.3) is 32.1 Å². The minimum absolute atomic E-state index is 0.0307. The van der Waals surface area contributed by atoms with Crippen LogP contribution in [0.5, 0.6) is 11.8 Å². The lowest BCUT2D eigenvalue weighted by Crippen LogP contribution is -2.43. The van der Waals surface area contributed by atoms with Crippen molar-refractivity contribution in [3.05, 3.63) is 34.4 Å². The third-order valence-corrected chi connectivity index (χ3v) is 11.0. The number of aromatic nitrogens is 2. The molecule has 0 spiro atoms. The van der Waals surface area contributed by atoms with Crippen LogP contribution < -0.4 is 20.1 Å². The van der Waals surface area contributed by atoms with Crippen LogP contribution in [0.2, 0.25) is 5.02 Å². The molecule has 9 nitrogen and oxygen atoms in total. The van der Waals surface area contributed by atoms with E-state index in [1.165, 1.54) is 12.1 Å². The van der Waals surface area contributed by atoms with E-state index in [4.69, 9.17) is 36.5 Å². The highest BCUT2D eigenvalue weighted by molar-refractivity contribution is 7.23. The number of nitrogen functional groups attached to an aromatic ring is 1. The Balaban J connectivity index is 1.36. The molecule has 45 heavy (non-hydrogen) atoms. The molecule has 0 saturated carbocycles. The SMILES string of the molecule is CN1CC2COCC2Oc2c(Cl)c(-c3ccc(F)c4sc(N)c(C#N)c34)c(F)c3nc(OC[C@@]45CCCN4C[C@H](F)C5)nc1c23. The van der Waals surface area contributed by atoms with Crippen molar-refractivity contribution in [3.63, 3.8) is 0 Å². The number of hydrogen-bond acceptors (Lipinski definition) is 10. The van der Waals surface area contributed by atoms with Crippen molar-refractivity contribution < 1.29 is 27.4 Å². The standard InChI is InChI=1S/C31H28ClF3N6O3S/c1-40-9-14-11-42-12-19(14)44-26-22-25(38-30(39-29(22)40)43-13-31-5-2-6-41(31)10-15(33)7-31)24(35)21(23(26)32)16-3-4-18(34)27-20(16)17(8-36)28(37)45-27/h3-4,14-15,19H,2,5-7,9-13,37H2,1H3/t14?,15-,19?,31+/m1/s1. The second kappa shape index (κ2) is 10.5. The number of nitrogens with zero attached hydrogens (tertiary/aromatic N) is 5. The van der Waals surface area contributed by atoms with Gasteiger partial charge in [-0.15, -0.1) is 11.3 Å². The minimum atomic E-state index is -0.939. The van der Waals surface area contributed by atoms with Gasteiger partial charge >= 0.3 is 6.01 Å².